The van der Waals surface area contributed by atoms with E-state index >= 15 is 0 Å². The van der Waals surface area contributed by atoms with E-state index in [2.05, 4.69) is 19.9 Å². The molecule has 0 fully saturated rings. The molecule has 2 heterocycles. The van der Waals surface area contributed by atoms with E-state index < -0.39 is 15.8 Å². The van der Waals surface area contributed by atoms with Gasteiger partial charge in [-0.05, 0) is 49.4 Å². The number of pyridine rings is 1. The van der Waals surface area contributed by atoms with Gasteiger partial charge in [0.1, 0.15) is 5.82 Å². The molecule has 0 aliphatic carbocycles. The fourth-order valence-electron chi connectivity index (χ4n) is 2.65. The summed E-state index contributed by atoms with van der Waals surface area (Å²) in [7, 11) is -3.89. The molecule has 0 saturated carbocycles. The summed E-state index contributed by atoms with van der Waals surface area (Å²) < 4.78 is 47.4. The summed E-state index contributed by atoms with van der Waals surface area (Å²) in [5, 5.41) is 7.89. The molecule has 4 aromatic rings. The highest BCUT2D eigenvalue weighted by Crippen LogP contribution is 2.31. The van der Waals surface area contributed by atoms with Gasteiger partial charge in [-0.2, -0.15) is 0 Å². The molecular weight excluding hydrogens is 395 g/mol. The number of nitrogens with zero attached hydrogens (tertiary/aromatic N) is 3. The zero-order chi connectivity index (χ0) is 20.4. The maximum absolute atomic E-state index is 13.9. The minimum atomic E-state index is -3.89. The van der Waals surface area contributed by atoms with E-state index in [-0.39, 0.29) is 27.9 Å². The van der Waals surface area contributed by atoms with Crippen molar-refractivity contribution < 1.29 is 17.2 Å². The molecule has 0 bridgehead atoms. The smallest absolute Gasteiger partial charge is 0.261 e. The number of rotatable bonds is 5. The number of aryl methyl sites for hydroxylation is 1. The molecule has 146 valence electrons. The number of benzene rings is 2. The molecule has 0 aliphatic heterocycles. The monoisotopic (exact) mass is 410 g/mol. The second-order valence-electron chi connectivity index (χ2n) is 6.26. The second-order valence-corrected chi connectivity index (χ2v) is 7.94. The van der Waals surface area contributed by atoms with Crippen LogP contribution >= 0.6 is 0 Å². The van der Waals surface area contributed by atoms with Gasteiger partial charge in [0.05, 0.1) is 16.1 Å². The van der Waals surface area contributed by atoms with Crippen LogP contribution in [0.2, 0.25) is 0 Å². The highest BCUT2D eigenvalue weighted by Gasteiger charge is 2.20. The van der Waals surface area contributed by atoms with Crippen LogP contribution in [-0.4, -0.2) is 23.6 Å². The number of sulfonamides is 1. The first-order chi connectivity index (χ1) is 13.9. The van der Waals surface area contributed by atoms with Crippen LogP contribution in [0.15, 0.2) is 76.3 Å². The van der Waals surface area contributed by atoms with Gasteiger partial charge in [-0.3, -0.25) is 9.71 Å². The summed E-state index contributed by atoms with van der Waals surface area (Å²) in [6.45, 7) is 1.86. The first-order valence-electron chi connectivity index (χ1n) is 8.56. The van der Waals surface area contributed by atoms with Crippen molar-refractivity contribution in [2.75, 3.05) is 4.72 Å². The Morgan fingerprint density at radius 1 is 0.931 bits per heavy atom. The molecular formula is C20H15FN4O3S. The van der Waals surface area contributed by atoms with E-state index in [1.165, 1.54) is 18.2 Å². The van der Waals surface area contributed by atoms with Crippen LogP contribution in [-0.2, 0) is 10.0 Å². The summed E-state index contributed by atoms with van der Waals surface area (Å²) >= 11 is 0. The Hall–Kier alpha value is -3.59. The fraction of sp³-hybridized carbons (Fsp3) is 0.0500. The molecule has 2 aromatic carbocycles. The van der Waals surface area contributed by atoms with Crippen molar-refractivity contribution in [2.45, 2.75) is 11.8 Å². The minimum absolute atomic E-state index is 0.0158. The fourth-order valence-corrected chi connectivity index (χ4v) is 3.73. The van der Waals surface area contributed by atoms with Gasteiger partial charge < -0.3 is 4.42 Å². The molecule has 0 unspecified atom stereocenters. The van der Waals surface area contributed by atoms with E-state index in [0.717, 1.165) is 17.7 Å². The second kappa shape index (κ2) is 7.44. The molecule has 0 aliphatic rings. The van der Waals surface area contributed by atoms with Crippen LogP contribution in [0.5, 0.6) is 0 Å². The van der Waals surface area contributed by atoms with Gasteiger partial charge in [-0.1, -0.05) is 17.7 Å². The Morgan fingerprint density at radius 3 is 2.34 bits per heavy atom. The summed E-state index contributed by atoms with van der Waals surface area (Å²) in [4.78, 5) is 4.00. The first kappa shape index (κ1) is 18.8. The number of hydrogen-bond donors (Lipinski definition) is 1. The van der Waals surface area contributed by atoms with E-state index in [4.69, 9.17) is 4.42 Å². The first-order valence-corrected chi connectivity index (χ1v) is 10.0. The number of aromatic nitrogens is 3. The van der Waals surface area contributed by atoms with Gasteiger partial charge in [0, 0.05) is 18.0 Å². The summed E-state index contributed by atoms with van der Waals surface area (Å²) in [5.74, 6) is -0.376. The Labute approximate surface area is 166 Å². The minimum Gasteiger partial charge on any atom is -0.416 e. The molecule has 0 atom stereocenters. The third-order valence-corrected chi connectivity index (χ3v) is 5.52. The average Bonchev–Trinajstić information content (AvgIpc) is 3.20. The van der Waals surface area contributed by atoms with Crippen LogP contribution in [0.4, 0.5) is 10.1 Å². The van der Waals surface area contributed by atoms with E-state index in [0.29, 0.717) is 5.56 Å². The number of hydrogen-bond acceptors (Lipinski definition) is 6. The Bertz CT molecular complexity index is 1260. The van der Waals surface area contributed by atoms with Crippen molar-refractivity contribution in [1.82, 2.24) is 15.2 Å². The van der Waals surface area contributed by atoms with Gasteiger partial charge in [-0.25, -0.2) is 12.8 Å². The standard InChI is InChI=1S/C20H15FN4O3S/c1-13-2-5-16(6-3-13)29(26,27)25-18-7-4-15(21)12-17(18)20-24-23-19(28-20)14-8-10-22-11-9-14/h2-12,25H,1H3. The lowest BCUT2D eigenvalue weighted by atomic mass is 10.2. The average molecular weight is 410 g/mol. The molecule has 1 N–H and O–H groups in total. The molecule has 29 heavy (non-hydrogen) atoms. The van der Waals surface area contributed by atoms with Gasteiger partial charge in [0.25, 0.3) is 10.0 Å². The Kier molecular flexibility index (Phi) is 4.81. The van der Waals surface area contributed by atoms with Crippen molar-refractivity contribution in [3.05, 3.63) is 78.4 Å². The highest BCUT2D eigenvalue weighted by molar-refractivity contribution is 7.92. The van der Waals surface area contributed by atoms with Gasteiger partial charge in [0.15, 0.2) is 0 Å². The van der Waals surface area contributed by atoms with E-state index in [1.54, 1.807) is 36.7 Å². The zero-order valence-electron chi connectivity index (χ0n) is 15.2. The predicted molar refractivity (Wildman–Crippen MR) is 105 cm³/mol. The normalized spacial score (nSPS) is 11.4. The molecule has 4 rings (SSSR count). The number of nitrogens with one attached hydrogen (secondary N) is 1. The number of halogens is 1. The van der Waals surface area contributed by atoms with Crippen LogP contribution in [0.25, 0.3) is 22.9 Å². The maximum Gasteiger partial charge on any atom is 0.261 e. The zero-order valence-corrected chi connectivity index (χ0v) is 16.0. The molecule has 7 nitrogen and oxygen atoms in total. The SMILES string of the molecule is Cc1ccc(S(=O)(=O)Nc2ccc(F)cc2-c2nnc(-c3ccncc3)o2)cc1. The molecule has 0 amide bonds. The summed E-state index contributed by atoms with van der Waals surface area (Å²) in [6.07, 6.45) is 3.14. The Balaban J connectivity index is 1.72. The lowest BCUT2D eigenvalue weighted by molar-refractivity contribution is 0.582. The highest BCUT2D eigenvalue weighted by atomic mass is 32.2. The molecule has 0 saturated heterocycles. The van der Waals surface area contributed by atoms with Crippen molar-refractivity contribution in [3.8, 4) is 22.9 Å². The Morgan fingerprint density at radius 2 is 1.62 bits per heavy atom. The lowest BCUT2D eigenvalue weighted by Crippen LogP contribution is -2.13. The van der Waals surface area contributed by atoms with Gasteiger partial charge >= 0.3 is 0 Å². The van der Waals surface area contributed by atoms with E-state index in [1.807, 2.05) is 6.92 Å². The maximum atomic E-state index is 13.9. The molecule has 9 heteroatoms. The molecule has 0 radical (unpaired) electrons. The van der Waals surface area contributed by atoms with E-state index in [9.17, 15) is 12.8 Å². The third-order valence-electron chi connectivity index (χ3n) is 4.14. The van der Waals surface area contributed by atoms with Crippen molar-refractivity contribution in [2.24, 2.45) is 0 Å². The van der Waals surface area contributed by atoms with Gasteiger partial charge in [0.2, 0.25) is 11.8 Å². The molecule has 2 aromatic heterocycles. The summed E-state index contributed by atoms with van der Waals surface area (Å²) in [6, 6.07) is 13.3. The lowest BCUT2D eigenvalue weighted by Gasteiger charge is -2.11. The predicted octanol–water partition coefficient (Wildman–Crippen LogP) is 4.05. The number of anilines is 1. The van der Waals surface area contributed by atoms with Crippen molar-refractivity contribution in [1.29, 1.82) is 0 Å². The largest absolute Gasteiger partial charge is 0.416 e. The molecule has 0 spiro atoms. The summed E-state index contributed by atoms with van der Waals surface area (Å²) in [5.41, 5.74) is 1.82. The third kappa shape index (κ3) is 3.99. The van der Waals surface area contributed by atoms with Crippen molar-refractivity contribution >= 4 is 15.7 Å². The van der Waals surface area contributed by atoms with Crippen molar-refractivity contribution in [3.63, 3.8) is 0 Å². The van der Waals surface area contributed by atoms with Gasteiger partial charge in [-0.15, -0.1) is 10.2 Å². The topological polar surface area (TPSA) is 98.0 Å². The van der Waals surface area contributed by atoms with Crippen LogP contribution < -0.4 is 4.72 Å². The van der Waals surface area contributed by atoms with Crippen LogP contribution in [0, 0.1) is 12.7 Å². The quantitative estimate of drug-likeness (QED) is 0.533. The van der Waals surface area contributed by atoms with Crippen LogP contribution in [0.1, 0.15) is 5.56 Å². The van der Waals surface area contributed by atoms with Crippen LogP contribution in [0.3, 0.4) is 0 Å².